The molecule has 2 aromatic carbocycles. The first kappa shape index (κ1) is 15.8. The largest absolute Gasteiger partial charge is 0.506 e. The van der Waals surface area contributed by atoms with Gasteiger partial charge in [0.2, 0.25) is 0 Å². The van der Waals surface area contributed by atoms with Gasteiger partial charge in [-0.05, 0) is 42.0 Å². The van der Waals surface area contributed by atoms with E-state index in [-0.39, 0.29) is 17.3 Å². The van der Waals surface area contributed by atoms with E-state index < -0.39 is 0 Å². The van der Waals surface area contributed by atoms with Crippen molar-refractivity contribution in [3.63, 3.8) is 0 Å². The number of nitrogens with zero attached hydrogens (tertiary/aromatic N) is 2. The lowest BCUT2D eigenvalue weighted by Gasteiger charge is -2.05. The molecule has 26 heavy (non-hydrogen) atoms. The van der Waals surface area contributed by atoms with Gasteiger partial charge in [0.1, 0.15) is 22.5 Å². The topological polar surface area (TPSA) is 83.3 Å². The van der Waals surface area contributed by atoms with Gasteiger partial charge in [0.15, 0.2) is 5.78 Å². The van der Waals surface area contributed by atoms with Gasteiger partial charge < -0.3 is 10.2 Å². The van der Waals surface area contributed by atoms with Crippen LogP contribution in [0.15, 0.2) is 67.0 Å². The lowest BCUT2D eigenvalue weighted by Crippen LogP contribution is -1.96. The SMILES string of the molecule is O=C(/C=C/c1ccc(O)c2ncccc12)c1ccc(O)c2ncccc12. The lowest BCUT2D eigenvalue weighted by atomic mass is 10.0. The molecule has 0 fully saturated rings. The summed E-state index contributed by atoms with van der Waals surface area (Å²) in [6, 6.07) is 13.4. The Balaban J connectivity index is 1.76. The van der Waals surface area contributed by atoms with Crippen LogP contribution in [0.5, 0.6) is 11.5 Å². The molecular weight excluding hydrogens is 328 g/mol. The molecular formula is C21H14N2O3. The zero-order valence-electron chi connectivity index (χ0n) is 13.6. The first-order chi connectivity index (χ1) is 12.6. The Morgan fingerprint density at radius 3 is 2.15 bits per heavy atom. The fourth-order valence-corrected chi connectivity index (χ4v) is 2.95. The second kappa shape index (κ2) is 6.29. The summed E-state index contributed by atoms with van der Waals surface area (Å²) in [7, 11) is 0. The van der Waals surface area contributed by atoms with E-state index >= 15 is 0 Å². The highest BCUT2D eigenvalue weighted by atomic mass is 16.3. The Kier molecular flexibility index (Phi) is 3.82. The van der Waals surface area contributed by atoms with Crippen LogP contribution in [0, 0.1) is 0 Å². The Bertz CT molecular complexity index is 1180. The number of phenolic OH excluding ortho intramolecular Hbond substituents is 2. The zero-order valence-corrected chi connectivity index (χ0v) is 13.6. The van der Waals surface area contributed by atoms with E-state index in [1.165, 1.54) is 12.1 Å². The van der Waals surface area contributed by atoms with Crippen molar-refractivity contribution in [2.75, 3.05) is 0 Å². The summed E-state index contributed by atoms with van der Waals surface area (Å²) in [4.78, 5) is 21.0. The number of hydrogen-bond donors (Lipinski definition) is 2. The number of carbonyl (C=O) groups excluding carboxylic acids is 1. The van der Waals surface area contributed by atoms with Crippen molar-refractivity contribution >= 4 is 33.7 Å². The Labute approximate surface area is 148 Å². The standard InChI is InChI=1S/C21H14N2O3/c24-17(15-7-10-19(26)21-16(15)4-2-12-23-21)8-5-13-6-9-18(25)20-14(13)3-1-11-22-20/h1-12,25-26H/b8-5+. The maximum Gasteiger partial charge on any atom is 0.186 e. The molecule has 0 spiro atoms. The van der Waals surface area contributed by atoms with Crippen LogP contribution in [0.4, 0.5) is 0 Å². The third-order valence-electron chi connectivity index (χ3n) is 4.21. The van der Waals surface area contributed by atoms with Gasteiger partial charge in [-0.2, -0.15) is 0 Å². The molecule has 2 aromatic heterocycles. The molecule has 0 bridgehead atoms. The first-order valence-corrected chi connectivity index (χ1v) is 8.01. The molecule has 2 heterocycles. The number of carbonyl (C=O) groups is 1. The van der Waals surface area contributed by atoms with Crippen LogP contribution in [0.25, 0.3) is 27.9 Å². The van der Waals surface area contributed by atoms with Gasteiger partial charge in [0.05, 0.1) is 0 Å². The van der Waals surface area contributed by atoms with Crippen LogP contribution < -0.4 is 0 Å². The molecule has 5 nitrogen and oxygen atoms in total. The minimum Gasteiger partial charge on any atom is -0.506 e. The minimum atomic E-state index is -0.201. The smallest absolute Gasteiger partial charge is 0.186 e. The Morgan fingerprint density at radius 1 is 0.808 bits per heavy atom. The van der Waals surface area contributed by atoms with Gasteiger partial charge in [-0.3, -0.25) is 14.8 Å². The molecule has 4 aromatic rings. The molecule has 0 saturated carbocycles. The fourth-order valence-electron chi connectivity index (χ4n) is 2.95. The summed E-state index contributed by atoms with van der Waals surface area (Å²) >= 11 is 0. The molecule has 126 valence electrons. The Morgan fingerprint density at radius 2 is 1.42 bits per heavy atom. The van der Waals surface area contributed by atoms with Crippen LogP contribution in [0.3, 0.4) is 0 Å². The molecule has 0 radical (unpaired) electrons. The first-order valence-electron chi connectivity index (χ1n) is 8.01. The normalized spacial score (nSPS) is 11.4. The monoisotopic (exact) mass is 342 g/mol. The van der Waals surface area contributed by atoms with Crippen LogP contribution in [-0.4, -0.2) is 26.0 Å². The van der Waals surface area contributed by atoms with Crippen LogP contribution in [0.2, 0.25) is 0 Å². The second-order valence-corrected chi connectivity index (χ2v) is 5.80. The maximum atomic E-state index is 12.7. The number of benzene rings is 2. The summed E-state index contributed by atoms with van der Waals surface area (Å²) in [6.07, 6.45) is 6.34. The van der Waals surface area contributed by atoms with Gasteiger partial charge in [0.25, 0.3) is 0 Å². The van der Waals surface area contributed by atoms with E-state index in [0.29, 0.717) is 22.0 Å². The zero-order chi connectivity index (χ0) is 18.1. The third kappa shape index (κ3) is 2.65. The van der Waals surface area contributed by atoms with E-state index in [1.807, 2.05) is 6.07 Å². The summed E-state index contributed by atoms with van der Waals surface area (Å²) in [5.74, 6) is -0.0653. The molecule has 0 aliphatic rings. The van der Waals surface area contributed by atoms with E-state index in [1.54, 1.807) is 54.9 Å². The van der Waals surface area contributed by atoms with Crippen molar-refractivity contribution in [2.24, 2.45) is 0 Å². The number of hydrogen-bond acceptors (Lipinski definition) is 5. The number of ketones is 1. The molecule has 0 aliphatic carbocycles. The number of allylic oxidation sites excluding steroid dienone is 1. The molecule has 0 amide bonds. The highest BCUT2D eigenvalue weighted by molar-refractivity contribution is 6.15. The number of phenols is 2. The van der Waals surface area contributed by atoms with Gasteiger partial charge >= 0.3 is 0 Å². The van der Waals surface area contributed by atoms with E-state index in [4.69, 9.17) is 0 Å². The third-order valence-corrected chi connectivity index (χ3v) is 4.21. The number of rotatable bonds is 3. The average Bonchev–Trinajstić information content (AvgIpc) is 2.68. The van der Waals surface area contributed by atoms with Gasteiger partial charge in [-0.15, -0.1) is 0 Å². The van der Waals surface area contributed by atoms with Crippen molar-refractivity contribution in [3.05, 3.63) is 78.1 Å². The number of fused-ring (bicyclic) bond motifs is 2. The van der Waals surface area contributed by atoms with Crippen molar-refractivity contribution < 1.29 is 15.0 Å². The summed E-state index contributed by atoms with van der Waals surface area (Å²) < 4.78 is 0. The van der Waals surface area contributed by atoms with Crippen molar-refractivity contribution in [3.8, 4) is 11.5 Å². The molecule has 0 atom stereocenters. The molecule has 0 aliphatic heterocycles. The molecule has 0 saturated heterocycles. The summed E-state index contributed by atoms with van der Waals surface area (Å²) in [6.45, 7) is 0. The predicted molar refractivity (Wildman–Crippen MR) is 100 cm³/mol. The quantitative estimate of drug-likeness (QED) is 0.433. The fraction of sp³-hybridized carbons (Fsp3) is 0. The van der Waals surface area contributed by atoms with Crippen molar-refractivity contribution in [1.82, 2.24) is 9.97 Å². The van der Waals surface area contributed by atoms with Crippen LogP contribution in [0.1, 0.15) is 15.9 Å². The van der Waals surface area contributed by atoms with Crippen LogP contribution in [-0.2, 0) is 0 Å². The number of aromatic nitrogens is 2. The summed E-state index contributed by atoms with van der Waals surface area (Å²) in [5.41, 5.74) is 2.12. The van der Waals surface area contributed by atoms with Crippen molar-refractivity contribution in [2.45, 2.75) is 0 Å². The Hall–Kier alpha value is -3.73. The van der Waals surface area contributed by atoms with Gasteiger partial charge in [-0.1, -0.05) is 24.3 Å². The number of pyridine rings is 2. The maximum absolute atomic E-state index is 12.7. The second-order valence-electron chi connectivity index (χ2n) is 5.80. The van der Waals surface area contributed by atoms with E-state index in [9.17, 15) is 15.0 Å². The highest BCUT2D eigenvalue weighted by Crippen LogP contribution is 2.28. The minimum absolute atomic E-state index is 0.0386. The van der Waals surface area contributed by atoms with E-state index in [2.05, 4.69) is 9.97 Å². The van der Waals surface area contributed by atoms with Crippen molar-refractivity contribution in [1.29, 1.82) is 0 Å². The number of aromatic hydroxyl groups is 2. The molecule has 2 N–H and O–H groups in total. The lowest BCUT2D eigenvalue weighted by molar-refractivity contribution is 0.104. The van der Waals surface area contributed by atoms with Gasteiger partial charge in [-0.25, -0.2) is 0 Å². The molecule has 0 unspecified atom stereocenters. The predicted octanol–water partition coefficient (Wildman–Crippen LogP) is 4.09. The van der Waals surface area contributed by atoms with Gasteiger partial charge in [0, 0.05) is 28.7 Å². The average molecular weight is 342 g/mol. The van der Waals surface area contributed by atoms with Crippen LogP contribution >= 0.6 is 0 Å². The van der Waals surface area contributed by atoms with E-state index in [0.717, 1.165) is 10.9 Å². The molecule has 4 rings (SSSR count). The highest BCUT2D eigenvalue weighted by Gasteiger charge is 2.11. The summed E-state index contributed by atoms with van der Waals surface area (Å²) in [5, 5.41) is 21.2. The molecule has 5 heteroatoms.